The third-order valence-electron chi connectivity index (χ3n) is 5.52. The third-order valence-corrected chi connectivity index (χ3v) is 5.52. The number of amides is 1. The Labute approximate surface area is 184 Å². The van der Waals surface area contributed by atoms with Crippen LogP contribution in [0.3, 0.4) is 0 Å². The second-order valence-electron chi connectivity index (χ2n) is 8.40. The lowest BCUT2D eigenvalue weighted by Crippen LogP contribution is -2.13. The fraction of sp³-hybridized carbons (Fsp3) is 0.917. The molecular formula is C24H47NO5. The lowest BCUT2D eigenvalue weighted by Gasteiger charge is -2.17. The Morgan fingerprint density at radius 3 is 1.83 bits per heavy atom. The maximum atomic E-state index is 10.8. The summed E-state index contributed by atoms with van der Waals surface area (Å²) in [6.07, 6.45) is 19.1. The van der Waals surface area contributed by atoms with Crippen molar-refractivity contribution in [2.24, 2.45) is 11.7 Å². The first kappa shape index (κ1) is 28.9. The highest BCUT2D eigenvalue weighted by molar-refractivity contribution is 5.73. The van der Waals surface area contributed by atoms with Crippen LogP contribution >= 0.6 is 0 Å². The van der Waals surface area contributed by atoms with Crippen LogP contribution in [0, 0.1) is 5.92 Å². The number of carboxylic acids is 1. The van der Waals surface area contributed by atoms with E-state index in [9.17, 15) is 9.59 Å². The third kappa shape index (κ3) is 23.1. The van der Waals surface area contributed by atoms with E-state index in [2.05, 4.69) is 6.92 Å². The lowest BCUT2D eigenvalue weighted by molar-refractivity contribution is -0.142. The molecular weight excluding hydrogens is 382 g/mol. The van der Waals surface area contributed by atoms with Crippen molar-refractivity contribution in [1.82, 2.24) is 0 Å². The van der Waals surface area contributed by atoms with Gasteiger partial charge in [0.2, 0.25) is 5.91 Å². The molecule has 0 saturated heterocycles. The molecule has 0 radical (unpaired) electrons. The van der Waals surface area contributed by atoms with Gasteiger partial charge in [-0.25, -0.2) is 4.79 Å². The Kier molecular flexibility index (Phi) is 21.7. The summed E-state index contributed by atoms with van der Waals surface area (Å²) in [5.74, 6) is -0.468. The van der Waals surface area contributed by atoms with E-state index in [0.717, 1.165) is 25.7 Å². The van der Waals surface area contributed by atoms with E-state index in [-0.39, 0.29) is 12.5 Å². The monoisotopic (exact) mass is 429 g/mol. The Hall–Kier alpha value is -1.14. The number of hydrogen-bond acceptors (Lipinski definition) is 4. The second kappa shape index (κ2) is 22.5. The molecule has 0 aliphatic heterocycles. The number of aliphatic carboxylic acids is 1. The van der Waals surface area contributed by atoms with Crippen molar-refractivity contribution >= 4 is 11.9 Å². The summed E-state index contributed by atoms with van der Waals surface area (Å²) < 4.78 is 10.6. The summed E-state index contributed by atoms with van der Waals surface area (Å²) in [7, 11) is 0. The molecule has 3 N–H and O–H groups in total. The molecule has 0 aliphatic rings. The van der Waals surface area contributed by atoms with Crippen LogP contribution in [0.1, 0.15) is 110 Å². The molecule has 0 rings (SSSR count). The minimum absolute atomic E-state index is 0.202. The van der Waals surface area contributed by atoms with Gasteiger partial charge in [0.1, 0.15) is 6.61 Å². The van der Waals surface area contributed by atoms with Crippen LogP contribution in [-0.2, 0) is 19.1 Å². The molecule has 0 fully saturated rings. The summed E-state index contributed by atoms with van der Waals surface area (Å²) in [6, 6.07) is 0. The molecule has 0 aromatic heterocycles. The summed E-state index contributed by atoms with van der Waals surface area (Å²) in [4.78, 5) is 21.2. The maximum absolute atomic E-state index is 10.8. The summed E-state index contributed by atoms with van der Waals surface area (Å²) in [6.45, 7) is 3.48. The van der Waals surface area contributed by atoms with Crippen LogP contribution in [0.25, 0.3) is 0 Å². The van der Waals surface area contributed by atoms with E-state index in [1.807, 2.05) is 0 Å². The van der Waals surface area contributed by atoms with Crippen molar-refractivity contribution in [1.29, 1.82) is 0 Å². The molecule has 0 aliphatic carbocycles. The molecule has 0 spiro atoms. The highest BCUT2D eigenvalue weighted by Gasteiger charge is 2.09. The van der Waals surface area contributed by atoms with Gasteiger partial charge < -0.3 is 20.3 Å². The molecule has 0 heterocycles. The Bertz CT molecular complexity index is 403. The average Bonchev–Trinajstić information content (AvgIpc) is 2.70. The van der Waals surface area contributed by atoms with Gasteiger partial charge >= 0.3 is 5.97 Å². The number of carbonyl (C=O) groups is 2. The molecule has 1 atom stereocenters. The van der Waals surface area contributed by atoms with Crippen LogP contribution in [0.15, 0.2) is 0 Å². The molecule has 0 aromatic rings. The summed E-state index contributed by atoms with van der Waals surface area (Å²) in [5.41, 5.74) is 5.19. The molecule has 0 saturated carbocycles. The first-order valence-corrected chi connectivity index (χ1v) is 12.2. The van der Waals surface area contributed by atoms with E-state index in [0.29, 0.717) is 32.2 Å². The predicted molar refractivity (Wildman–Crippen MR) is 122 cm³/mol. The Balaban J connectivity index is 3.89. The number of nitrogens with two attached hydrogens (primary N) is 1. The molecule has 1 unspecified atom stereocenters. The highest BCUT2D eigenvalue weighted by atomic mass is 16.5. The number of carbonyl (C=O) groups excluding carboxylic acids is 1. The van der Waals surface area contributed by atoms with Gasteiger partial charge in [-0.2, -0.15) is 0 Å². The molecule has 6 heteroatoms. The lowest BCUT2D eigenvalue weighted by atomic mass is 9.91. The summed E-state index contributed by atoms with van der Waals surface area (Å²) in [5, 5.41) is 8.54. The molecule has 0 bridgehead atoms. The minimum Gasteiger partial charge on any atom is -0.480 e. The van der Waals surface area contributed by atoms with E-state index >= 15 is 0 Å². The number of hydrogen-bond donors (Lipinski definition) is 2. The zero-order valence-corrected chi connectivity index (χ0v) is 19.4. The van der Waals surface area contributed by atoms with Crippen LogP contribution in [0.2, 0.25) is 0 Å². The SMILES string of the molecule is CCCCCCCCCCC(CCCCCCC(N)=O)CCOCCOCC(=O)O. The van der Waals surface area contributed by atoms with Crippen molar-refractivity contribution in [2.45, 2.75) is 110 Å². The van der Waals surface area contributed by atoms with E-state index in [1.165, 1.54) is 70.6 Å². The van der Waals surface area contributed by atoms with Gasteiger partial charge in [-0.15, -0.1) is 0 Å². The molecule has 1 amide bonds. The Morgan fingerprint density at radius 2 is 1.27 bits per heavy atom. The van der Waals surface area contributed by atoms with Crippen molar-refractivity contribution < 1.29 is 24.2 Å². The zero-order chi connectivity index (χ0) is 22.3. The normalized spacial score (nSPS) is 12.2. The Morgan fingerprint density at radius 1 is 0.733 bits per heavy atom. The predicted octanol–water partition coefficient (Wildman–Crippen LogP) is 5.47. The van der Waals surface area contributed by atoms with Gasteiger partial charge in [-0.1, -0.05) is 90.4 Å². The van der Waals surface area contributed by atoms with Gasteiger partial charge in [0.25, 0.3) is 0 Å². The van der Waals surface area contributed by atoms with Crippen LogP contribution < -0.4 is 5.73 Å². The van der Waals surface area contributed by atoms with Crippen molar-refractivity contribution in [3.63, 3.8) is 0 Å². The molecule has 178 valence electrons. The summed E-state index contributed by atoms with van der Waals surface area (Å²) >= 11 is 0. The van der Waals surface area contributed by atoms with E-state index < -0.39 is 5.97 Å². The van der Waals surface area contributed by atoms with Gasteiger partial charge in [0, 0.05) is 13.0 Å². The van der Waals surface area contributed by atoms with Crippen LogP contribution in [-0.4, -0.2) is 43.4 Å². The van der Waals surface area contributed by atoms with E-state index in [4.69, 9.17) is 20.3 Å². The topological polar surface area (TPSA) is 98.9 Å². The van der Waals surface area contributed by atoms with Crippen LogP contribution in [0.5, 0.6) is 0 Å². The number of unbranched alkanes of at least 4 members (excludes halogenated alkanes) is 10. The second-order valence-corrected chi connectivity index (χ2v) is 8.40. The van der Waals surface area contributed by atoms with Crippen molar-refractivity contribution in [3.05, 3.63) is 0 Å². The van der Waals surface area contributed by atoms with Crippen molar-refractivity contribution in [3.8, 4) is 0 Å². The van der Waals surface area contributed by atoms with Gasteiger partial charge in [0.15, 0.2) is 0 Å². The fourth-order valence-corrected chi connectivity index (χ4v) is 3.72. The largest absolute Gasteiger partial charge is 0.480 e. The van der Waals surface area contributed by atoms with Gasteiger partial charge in [-0.05, 0) is 18.8 Å². The van der Waals surface area contributed by atoms with Crippen LogP contribution in [0.4, 0.5) is 0 Å². The minimum atomic E-state index is -0.948. The number of primary amides is 1. The van der Waals surface area contributed by atoms with Crippen molar-refractivity contribution in [2.75, 3.05) is 26.4 Å². The number of carboxylic acid groups (broad SMARTS) is 1. The maximum Gasteiger partial charge on any atom is 0.329 e. The average molecular weight is 430 g/mol. The van der Waals surface area contributed by atoms with Gasteiger partial charge in [0.05, 0.1) is 13.2 Å². The first-order valence-electron chi connectivity index (χ1n) is 12.2. The van der Waals surface area contributed by atoms with Gasteiger partial charge in [-0.3, -0.25) is 4.79 Å². The number of ether oxygens (including phenoxy) is 2. The highest BCUT2D eigenvalue weighted by Crippen LogP contribution is 2.22. The zero-order valence-electron chi connectivity index (χ0n) is 19.4. The standard InChI is InChI=1S/C24H47NO5/c1-2-3-4-5-6-7-8-11-14-22(15-12-9-10-13-16-23(25)26)17-18-29-19-20-30-21-24(27)28/h22H,2-21H2,1H3,(H2,25,26)(H,27,28). The number of rotatable bonds is 24. The quantitative estimate of drug-likeness (QED) is 0.198. The first-order chi connectivity index (χ1) is 14.6. The smallest absolute Gasteiger partial charge is 0.329 e. The van der Waals surface area contributed by atoms with E-state index in [1.54, 1.807) is 0 Å². The molecule has 6 nitrogen and oxygen atoms in total. The molecule has 30 heavy (non-hydrogen) atoms. The fourth-order valence-electron chi connectivity index (χ4n) is 3.72. The molecule has 0 aromatic carbocycles.